The number of anilines is 1. The van der Waals surface area contributed by atoms with E-state index in [0.717, 1.165) is 6.20 Å². The van der Waals surface area contributed by atoms with Gasteiger partial charge in [0.15, 0.2) is 5.82 Å². The Kier molecular flexibility index (Phi) is 2.50. The summed E-state index contributed by atoms with van der Waals surface area (Å²) in [7, 11) is 1.86. The largest absolute Gasteiger partial charge is 0.353 e. The number of nitrogens with zero attached hydrogens (tertiary/aromatic N) is 3. The Labute approximate surface area is 77.6 Å². The van der Waals surface area contributed by atoms with E-state index in [-0.39, 0.29) is 5.54 Å². The van der Waals surface area contributed by atoms with Gasteiger partial charge in [-0.25, -0.2) is 0 Å². The highest BCUT2D eigenvalue weighted by Crippen LogP contribution is 2.18. The van der Waals surface area contributed by atoms with Crippen molar-refractivity contribution in [3.8, 4) is 0 Å². The van der Waals surface area contributed by atoms with Gasteiger partial charge in [-0.15, -0.1) is 0 Å². The minimum absolute atomic E-state index is 0.0809. The van der Waals surface area contributed by atoms with E-state index in [0.29, 0.717) is 5.82 Å². The van der Waals surface area contributed by atoms with E-state index in [1.807, 2.05) is 32.7 Å². The zero-order chi connectivity index (χ0) is 10.1. The molecule has 13 heavy (non-hydrogen) atoms. The van der Waals surface area contributed by atoms with Gasteiger partial charge >= 0.3 is 0 Å². The van der Waals surface area contributed by atoms with Gasteiger partial charge in [0.1, 0.15) is 0 Å². The molecule has 72 valence electrons. The van der Waals surface area contributed by atoms with Gasteiger partial charge in [0.2, 0.25) is 5.95 Å². The second-order valence-corrected chi connectivity index (χ2v) is 3.93. The molecule has 1 aromatic heterocycles. The first-order chi connectivity index (χ1) is 5.91. The molecule has 0 spiro atoms. The molecule has 0 aromatic carbocycles. The smallest absolute Gasteiger partial charge is 0.233 e. The lowest BCUT2D eigenvalue weighted by Crippen LogP contribution is -2.38. The van der Waals surface area contributed by atoms with Crippen LogP contribution in [0.1, 0.15) is 20.8 Å². The number of halogens is 1. The van der Waals surface area contributed by atoms with Gasteiger partial charge in [0.05, 0.1) is 12.4 Å². The van der Waals surface area contributed by atoms with E-state index in [2.05, 4.69) is 9.97 Å². The summed E-state index contributed by atoms with van der Waals surface area (Å²) in [4.78, 5) is 9.35. The van der Waals surface area contributed by atoms with Crippen molar-refractivity contribution in [2.45, 2.75) is 26.3 Å². The zero-order valence-corrected chi connectivity index (χ0v) is 8.37. The Balaban J connectivity index is 2.96. The molecule has 4 heteroatoms. The maximum absolute atomic E-state index is 12.7. The number of rotatable bonds is 1. The molecule has 0 unspecified atom stereocenters. The van der Waals surface area contributed by atoms with Gasteiger partial charge in [-0.05, 0) is 20.8 Å². The molecule has 0 aliphatic carbocycles. The molecule has 0 saturated carbocycles. The second kappa shape index (κ2) is 3.28. The van der Waals surface area contributed by atoms with Crippen LogP contribution in [0.3, 0.4) is 0 Å². The summed E-state index contributed by atoms with van der Waals surface area (Å²) in [5.41, 5.74) is -0.0809. The number of hydrogen-bond donors (Lipinski definition) is 0. The van der Waals surface area contributed by atoms with Crippen LogP contribution in [0.2, 0.25) is 0 Å². The highest BCUT2D eigenvalue weighted by atomic mass is 19.1. The van der Waals surface area contributed by atoms with Gasteiger partial charge in [-0.1, -0.05) is 0 Å². The van der Waals surface area contributed by atoms with E-state index >= 15 is 0 Å². The SMILES string of the molecule is CN(c1cncc(F)n1)C(C)(C)C. The lowest BCUT2D eigenvalue weighted by molar-refractivity contribution is 0.520. The Morgan fingerprint density at radius 3 is 2.38 bits per heavy atom. The quantitative estimate of drug-likeness (QED) is 0.665. The second-order valence-electron chi connectivity index (χ2n) is 3.93. The van der Waals surface area contributed by atoms with Crippen LogP contribution in [0.5, 0.6) is 0 Å². The van der Waals surface area contributed by atoms with Crippen molar-refractivity contribution in [2.24, 2.45) is 0 Å². The van der Waals surface area contributed by atoms with Crippen LogP contribution < -0.4 is 4.90 Å². The average molecular weight is 183 g/mol. The summed E-state index contributed by atoms with van der Waals surface area (Å²) in [6.07, 6.45) is 2.65. The van der Waals surface area contributed by atoms with Crippen molar-refractivity contribution in [2.75, 3.05) is 11.9 Å². The summed E-state index contributed by atoms with van der Waals surface area (Å²) in [6.45, 7) is 6.08. The predicted molar refractivity (Wildman–Crippen MR) is 50.1 cm³/mol. The molecule has 0 aliphatic heterocycles. The molecule has 0 fully saturated rings. The Bertz CT molecular complexity index is 293. The molecule has 0 N–H and O–H groups in total. The van der Waals surface area contributed by atoms with Gasteiger partial charge in [-0.3, -0.25) is 4.98 Å². The van der Waals surface area contributed by atoms with Crippen LogP contribution in [0.25, 0.3) is 0 Å². The van der Waals surface area contributed by atoms with E-state index in [1.54, 1.807) is 6.20 Å². The van der Waals surface area contributed by atoms with E-state index in [1.165, 1.54) is 0 Å². The monoisotopic (exact) mass is 183 g/mol. The van der Waals surface area contributed by atoms with Gasteiger partial charge in [0.25, 0.3) is 0 Å². The summed E-state index contributed by atoms with van der Waals surface area (Å²) in [5, 5.41) is 0. The van der Waals surface area contributed by atoms with Crippen LogP contribution >= 0.6 is 0 Å². The molecule has 0 amide bonds. The molecule has 0 aliphatic rings. The van der Waals surface area contributed by atoms with Crippen LogP contribution in [0.15, 0.2) is 12.4 Å². The summed E-state index contributed by atoms with van der Waals surface area (Å²) in [6, 6.07) is 0. The predicted octanol–water partition coefficient (Wildman–Crippen LogP) is 1.85. The number of aromatic nitrogens is 2. The number of hydrogen-bond acceptors (Lipinski definition) is 3. The zero-order valence-electron chi connectivity index (χ0n) is 8.37. The van der Waals surface area contributed by atoms with Gasteiger partial charge in [-0.2, -0.15) is 9.37 Å². The topological polar surface area (TPSA) is 29.0 Å². The molecule has 1 heterocycles. The lowest BCUT2D eigenvalue weighted by atomic mass is 10.1. The van der Waals surface area contributed by atoms with Crippen LogP contribution in [-0.4, -0.2) is 22.6 Å². The fourth-order valence-corrected chi connectivity index (χ4v) is 0.838. The Morgan fingerprint density at radius 1 is 1.31 bits per heavy atom. The van der Waals surface area contributed by atoms with Crippen molar-refractivity contribution in [1.29, 1.82) is 0 Å². The maximum atomic E-state index is 12.7. The first kappa shape index (κ1) is 9.89. The average Bonchev–Trinajstić information content (AvgIpc) is 2.01. The molecule has 1 aromatic rings. The van der Waals surface area contributed by atoms with Crippen molar-refractivity contribution >= 4 is 5.82 Å². The first-order valence-corrected chi connectivity index (χ1v) is 4.12. The van der Waals surface area contributed by atoms with Crippen molar-refractivity contribution in [3.63, 3.8) is 0 Å². The third-order valence-electron chi connectivity index (χ3n) is 1.94. The third-order valence-corrected chi connectivity index (χ3v) is 1.94. The lowest BCUT2D eigenvalue weighted by Gasteiger charge is -2.32. The Morgan fingerprint density at radius 2 is 1.92 bits per heavy atom. The molecule has 0 radical (unpaired) electrons. The van der Waals surface area contributed by atoms with Crippen molar-refractivity contribution in [1.82, 2.24) is 9.97 Å². The van der Waals surface area contributed by atoms with Gasteiger partial charge in [0, 0.05) is 12.6 Å². The molecule has 1 rings (SSSR count). The van der Waals surface area contributed by atoms with Crippen LogP contribution in [0, 0.1) is 5.95 Å². The third kappa shape index (κ3) is 2.37. The molecule has 0 bridgehead atoms. The minimum atomic E-state index is -0.548. The van der Waals surface area contributed by atoms with Crippen LogP contribution in [-0.2, 0) is 0 Å². The fraction of sp³-hybridized carbons (Fsp3) is 0.556. The first-order valence-electron chi connectivity index (χ1n) is 4.12. The summed E-state index contributed by atoms with van der Waals surface area (Å²) >= 11 is 0. The van der Waals surface area contributed by atoms with Crippen LogP contribution in [0.4, 0.5) is 10.2 Å². The fourth-order valence-electron chi connectivity index (χ4n) is 0.838. The molecule has 0 atom stereocenters. The highest BCUT2D eigenvalue weighted by molar-refractivity contribution is 5.37. The van der Waals surface area contributed by atoms with Crippen molar-refractivity contribution < 1.29 is 4.39 Å². The molecular weight excluding hydrogens is 169 g/mol. The molecule has 3 nitrogen and oxygen atoms in total. The van der Waals surface area contributed by atoms with E-state index in [4.69, 9.17) is 0 Å². The Hall–Kier alpha value is -1.19. The van der Waals surface area contributed by atoms with Gasteiger partial charge < -0.3 is 4.90 Å². The van der Waals surface area contributed by atoms with E-state index < -0.39 is 5.95 Å². The normalized spacial score (nSPS) is 11.5. The molecule has 0 saturated heterocycles. The van der Waals surface area contributed by atoms with E-state index in [9.17, 15) is 4.39 Å². The maximum Gasteiger partial charge on any atom is 0.233 e. The standard InChI is InChI=1S/C9H14FN3/c1-9(2,3)13(4)8-6-11-5-7(10)12-8/h5-6H,1-4H3. The van der Waals surface area contributed by atoms with Crippen molar-refractivity contribution in [3.05, 3.63) is 18.3 Å². The molecular formula is C9H14FN3. The minimum Gasteiger partial charge on any atom is -0.353 e. The summed E-state index contributed by atoms with van der Waals surface area (Å²) < 4.78 is 12.7. The highest BCUT2D eigenvalue weighted by Gasteiger charge is 2.18. The summed E-state index contributed by atoms with van der Waals surface area (Å²) in [5.74, 6) is 0.00102.